The van der Waals surface area contributed by atoms with Crippen molar-refractivity contribution in [1.29, 1.82) is 0 Å². The largest absolute Gasteiger partial charge is 0.494 e. The van der Waals surface area contributed by atoms with Gasteiger partial charge in [0.2, 0.25) is 0 Å². The molecule has 2 heterocycles. The number of nitrogens with one attached hydrogen (secondary N) is 1. The highest BCUT2D eigenvalue weighted by atomic mass is 127. The summed E-state index contributed by atoms with van der Waals surface area (Å²) in [5, 5.41) is 3.50. The van der Waals surface area contributed by atoms with Crippen LogP contribution in [0.3, 0.4) is 0 Å². The molecular weight excluding hydrogens is 443 g/mol. The summed E-state index contributed by atoms with van der Waals surface area (Å²) >= 11 is 0. The van der Waals surface area contributed by atoms with Crippen molar-refractivity contribution in [1.82, 2.24) is 15.1 Å². The maximum absolute atomic E-state index is 5.71. The predicted molar refractivity (Wildman–Crippen MR) is 116 cm³/mol. The molecule has 7 heteroatoms. The molecule has 146 valence electrons. The normalized spacial score (nSPS) is 21.4. The van der Waals surface area contributed by atoms with E-state index in [1.165, 1.54) is 6.42 Å². The van der Waals surface area contributed by atoms with E-state index >= 15 is 0 Å². The average molecular weight is 474 g/mol. The lowest BCUT2D eigenvalue weighted by Crippen LogP contribution is -2.46. The van der Waals surface area contributed by atoms with Crippen LogP contribution in [0.4, 0.5) is 0 Å². The van der Waals surface area contributed by atoms with Gasteiger partial charge in [-0.15, -0.1) is 24.0 Å². The second kappa shape index (κ2) is 10.9. The number of ether oxygens (including phenoxy) is 2. The first-order valence-corrected chi connectivity index (χ1v) is 9.30. The van der Waals surface area contributed by atoms with Gasteiger partial charge in [-0.2, -0.15) is 0 Å². The van der Waals surface area contributed by atoms with Crippen molar-refractivity contribution < 1.29 is 9.47 Å². The van der Waals surface area contributed by atoms with Gasteiger partial charge in [-0.25, -0.2) is 0 Å². The Morgan fingerprint density at radius 2 is 2.04 bits per heavy atom. The molecule has 2 saturated heterocycles. The molecule has 0 bridgehead atoms. The number of guanidine groups is 1. The van der Waals surface area contributed by atoms with Crippen molar-refractivity contribution in [3.05, 3.63) is 29.8 Å². The fraction of sp³-hybridized carbons (Fsp3) is 0.632. The van der Waals surface area contributed by atoms with Crippen LogP contribution < -0.4 is 10.1 Å². The lowest BCUT2D eigenvalue weighted by Gasteiger charge is -2.32. The van der Waals surface area contributed by atoms with Crippen LogP contribution in [0.5, 0.6) is 5.75 Å². The third-order valence-electron chi connectivity index (χ3n) is 4.95. The highest BCUT2D eigenvalue weighted by Gasteiger charge is 2.30. The summed E-state index contributed by atoms with van der Waals surface area (Å²) in [6.45, 7) is 9.31. The maximum Gasteiger partial charge on any atom is 0.193 e. The van der Waals surface area contributed by atoms with Crippen LogP contribution in [0.1, 0.15) is 18.9 Å². The van der Waals surface area contributed by atoms with Crippen molar-refractivity contribution in [3.63, 3.8) is 0 Å². The van der Waals surface area contributed by atoms with E-state index in [0.717, 1.165) is 63.2 Å². The summed E-state index contributed by atoms with van der Waals surface area (Å²) in [5.41, 5.74) is 1.16. The van der Waals surface area contributed by atoms with E-state index in [9.17, 15) is 0 Å². The second-order valence-corrected chi connectivity index (χ2v) is 6.48. The molecule has 1 atom stereocenters. The molecule has 26 heavy (non-hydrogen) atoms. The smallest absolute Gasteiger partial charge is 0.193 e. The molecule has 1 aromatic rings. The van der Waals surface area contributed by atoms with Crippen LogP contribution in [0.25, 0.3) is 0 Å². The van der Waals surface area contributed by atoms with Crippen LogP contribution in [0.15, 0.2) is 29.3 Å². The van der Waals surface area contributed by atoms with Gasteiger partial charge in [0, 0.05) is 51.4 Å². The fourth-order valence-electron chi connectivity index (χ4n) is 3.63. The summed E-state index contributed by atoms with van der Waals surface area (Å²) < 4.78 is 11.2. The maximum atomic E-state index is 5.71. The first kappa shape index (κ1) is 21.2. The monoisotopic (exact) mass is 474 g/mol. The Balaban J connectivity index is 0.00000243. The lowest BCUT2D eigenvalue weighted by molar-refractivity contribution is 0.0195. The molecule has 3 rings (SSSR count). The van der Waals surface area contributed by atoms with Crippen LogP contribution in [0, 0.1) is 0 Å². The third kappa shape index (κ3) is 5.47. The quantitative estimate of drug-likeness (QED) is 0.403. The minimum atomic E-state index is 0. The number of nitrogens with zero attached hydrogens (tertiary/aromatic N) is 3. The van der Waals surface area contributed by atoms with Crippen molar-refractivity contribution in [2.45, 2.75) is 25.9 Å². The van der Waals surface area contributed by atoms with Crippen LogP contribution in [0.2, 0.25) is 0 Å². The Bertz CT molecular complexity index is 578. The van der Waals surface area contributed by atoms with Gasteiger partial charge in [0.25, 0.3) is 0 Å². The van der Waals surface area contributed by atoms with Crippen LogP contribution >= 0.6 is 24.0 Å². The lowest BCUT2D eigenvalue weighted by atomic mass is 10.2. The van der Waals surface area contributed by atoms with Gasteiger partial charge >= 0.3 is 0 Å². The zero-order valence-electron chi connectivity index (χ0n) is 15.8. The standard InChI is InChI=1S/C19H30N4O2.HI/c1-3-25-18-7-5-4-6-16(18)14-21-19(20-2)23-9-8-17(15-23)22-10-12-24-13-11-22;/h4-7,17H,3,8-15H2,1-2H3,(H,20,21);1H. The first-order chi connectivity index (χ1) is 12.3. The van der Waals surface area contributed by atoms with E-state index in [4.69, 9.17) is 9.47 Å². The molecule has 0 aliphatic carbocycles. The summed E-state index contributed by atoms with van der Waals surface area (Å²) in [5.74, 6) is 1.92. The minimum Gasteiger partial charge on any atom is -0.494 e. The Hall–Kier alpha value is -1.06. The van der Waals surface area contributed by atoms with E-state index in [1.807, 2.05) is 32.2 Å². The number of morpholine rings is 1. The number of aliphatic imine (C=N–C) groups is 1. The number of likely N-dealkylation sites (tertiary alicyclic amines) is 1. The summed E-state index contributed by atoms with van der Waals surface area (Å²) in [6.07, 6.45) is 1.19. The van der Waals surface area contributed by atoms with Crippen LogP contribution in [-0.4, -0.2) is 74.8 Å². The van der Waals surface area contributed by atoms with Gasteiger partial charge in [0.05, 0.1) is 19.8 Å². The van der Waals surface area contributed by atoms with Crippen molar-refractivity contribution in [3.8, 4) is 5.75 Å². The topological polar surface area (TPSA) is 49.3 Å². The molecule has 2 aliphatic rings. The summed E-state index contributed by atoms with van der Waals surface area (Å²) in [6, 6.07) is 8.79. The second-order valence-electron chi connectivity index (χ2n) is 6.48. The van der Waals surface area contributed by atoms with Crippen molar-refractivity contribution in [2.75, 3.05) is 53.0 Å². The average Bonchev–Trinajstić information content (AvgIpc) is 3.14. The number of hydrogen-bond donors (Lipinski definition) is 1. The van der Waals surface area contributed by atoms with Gasteiger partial charge in [-0.05, 0) is 19.4 Å². The third-order valence-corrected chi connectivity index (χ3v) is 4.95. The van der Waals surface area contributed by atoms with Gasteiger partial charge in [-0.3, -0.25) is 9.89 Å². The molecule has 0 spiro atoms. The molecule has 2 fully saturated rings. The number of halogens is 1. The van der Waals surface area contributed by atoms with E-state index in [1.54, 1.807) is 0 Å². The number of para-hydroxylation sites is 1. The molecule has 1 N–H and O–H groups in total. The van der Waals surface area contributed by atoms with Gasteiger partial charge < -0.3 is 19.7 Å². The Labute approximate surface area is 173 Å². The molecule has 0 saturated carbocycles. The van der Waals surface area contributed by atoms with Gasteiger partial charge in [0.1, 0.15) is 5.75 Å². The Morgan fingerprint density at radius 3 is 2.77 bits per heavy atom. The Morgan fingerprint density at radius 1 is 1.27 bits per heavy atom. The number of rotatable bonds is 5. The molecule has 1 unspecified atom stereocenters. The summed E-state index contributed by atoms with van der Waals surface area (Å²) in [4.78, 5) is 9.41. The first-order valence-electron chi connectivity index (χ1n) is 9.30. The number of benzene rings is 1. The van der Waals surface area contributed by atoms with Gasteiger partial charge in [0.15, 0.2) is 5.96 Å². The number of hydrogen-bond acceptors (Lipinski definition) is 4. The molecule has 2 aliphatic heterocycles. The summed E-state index contributed by atoms with van der Waals surface area (Å²) in [7, 11) is 1.86. The minimum absolute atomic E-state index is 0. The molecule has 0 amide bonds. The van der Waals surface area contributed by atoms with Crippen LogP contribution in [-0.2, 0) is 11.3 Å². The van der Waals surface area contributed by atoms with Crippen molar-refractivity contribution >= 4 is 29.9 Å². The van der Waals surface area contributed by atoms with Crippen molar-refractivity contribution in [2.24, 2.45) is 4.99 Å². The molecule has 0 radical (unpaired) electrons. The Kier molecular flexibility index (Phi) is 8.94. The van der Waals surface area contributed by atoms with E-state index in [2.05, 4.69) is 26.2 Å². The molecule has 6 nitrogen and oxygen atoms in total. The highest BCUT2D eigenvalue weighted by Crippen LogP contribution is 2.19. The zero-order valence-corrected chi connectivity index (χ0v) is 18.1. The van der Waals surface area contributed by atoms with E-state index in [0.29, 0.717) is 12.6 Å². The molecule has 1 aromatic carbocycles. The highest BCUT2D eigenvalue weighted by molar-refractivity contribution is 14.0. The molecule has 0 aromatic heterocycles. The molecular formula is C19H31IN4O2. The van der Waals surface area contributed by atoms with E-state index < -0.39 is 0 Å². The van der Waals surface area contributed by atoms with E-state index in [-0.39, 0.29) is 24.0 Å². The SMILES string of the molecule is CCOc1ccccc1CNC(=NC)N1CCC(N2CCOCC2)C1.I. The predicted octanol–water partition coefficient (Wildman–Crippen LogP) is 2.19. The van der Waals surface area contributed by atoms with Gasteiger partial charge in [-0.1, -0.05) is 18.2 Å². The fourth-order valence-corrected chi connectivity index (χ4v) is 3.63. The zero-order chi connectivity index (χ0) is 17.5.